The number of fused-ring (bicyclic) bond motifs is 4. The van der Waals surface area contributed by atoms with E-state index in [0.717, 1.165) is 44.2 Å². The molecule has 3 heterocycles. The maximum absolute atomic E-state index is 14.1. The van der Waals surface area contributed by atoms with Gasteiger partial charge in [0.05, 0.1) is 11.0 Å². The fourth-order valence-electron chi connectivity index (χ4n) is 6.22. The Balaban J connectivity index is 1.63. The number of nitrogens with zero attached hydrogens (tertiary/aromatic N) is 3. The van der Waals surface area contributed by atoms with Gasteiger partial charge < -0.3 is 4.90 Å². The van der Waals surface area contributed by atoms with Crippen molar-refractivity contribution in [2.24, 2.45) is 11.3 Å². The lowest BCUT2D eigenvalue weighted by atomic mass is 9.64. The zero-order valence-corrected chi connectivity index (χ0v) is 18.2. The average Bonchev–Trinajstić information content (AvgIpc) is 2.77. The minimum absolute atomic E-state index is 0.0633. The molecule has 1 aromatic carbocycles. The first-order chi connectivity index (χ1) is 15.3. The van der Waals surface area contributed by atoms with Crippen molar-refractivity contribution in [3.8, 4) is 0 Å². The highest BCUT2D eigenvalue weighted by Crippen LogP contribution is 2.49. The maximum atomic E-state index is 14.1. The number of amides is 4. The fourth-order valence-corrected chi connectivity index (χ4v) is 6.22. The van der Waals surface area contributed by atoms with Crippen LogP contribution in [0.4, 0.5) is 16.2 Å². The molecule has 9 heteroatoms. The predicted octanol–water partition coefficient (Wildman–Crippen LogP) is 3.15. The van der Waals surface area contributed by atoms with E-state index < -0.39 is 28.2 Å². The van der Waals surface area contributed by atoms with Crippen LogP contribution in [0, 0.1) is 21.4 Å². The Labute approximate surface area is 186 Å². The summed E-state index contributed by atoms with van der Waals surface area (Å²) in [5.41, 5.74) is -0.0553. The number of non-ortho nitro benzene ring substituents is 1. The van der Waals surface area contributed by atoms with Crippen molar-refractivity contribution in [2.45, 2.75) is 70.4 Å². The second-order valence-electron chi connectivity index (χ2n) is 9.78. The highest BCUT2D eigenvalue weighted by Gasteiger charge is 2.63. The summed E-state index contributed by atoms with van der Waals surface area (Å²) >= 11 is 0. The molecule has 1 spiro atoms. The smallest absolute Gasteiger partial charge is 0.331 e. The summed E-state index contributed by atoms with van der Waals surface area (Å²) in [5, 5.41) is 13.9. The van der Waals surface area contributed by atoms with E-state index in [2.05, 4.69) is 17.1 Å². The number of hydrogen-bond donors (Lipinski definition) is 1. The van der Waals surface area contributed by atoms with Gasteiger partial charge in [0.15, 0.2) is 5.41 Å². The van der Waals surface area contributed by atoms with Gasteiger partial charge in [0.25, 0.3) is 5.69 Å². The summed E-state index contributed by atoms with van der Waals surface area (Å²) < 4.78 is 0. The third-order valence-corrected chi connectivity index (χ3v) is 7.87. The van der Waals surface area contributed by atoms with Crippen LogP contribution in [0.1, 0.15) is 57.4 Å². The Morgan fingerprint density at radius 2 is 1.88 bits per heavy atom. The van der Waals surface area contributed by atoms with Gasteiger partial charge in [-0.15, -0.1) is 0 Å². The number of imide groups is 2. The lowest BCUT2D eigenvalue weighted by Crippen LogP contribution is -2.74. The molecular weight excluding hydrogens is 412 g/mol. The molecule has 4 amide bonds. The van der Waals surface area contributed by atoms with E-state index in [1.807, 2.05) is 0 Å². The number of rotatable bonds is 2. The summed E-state index contributed by atoms with van der Waals surface area (Å²) in [6, 6.07) is 3.48. The number of benzene rings is 1. The monoisotopic (exact) mass is 440 g/mol. The molecule has 0 radical (unpaired) electrons. The third-order valence-electron chi connectivity index (χ3n) is 7.87. The van der Waals surface area contributed by atoms with E-state index in [0.29, 0.717) is 24.4 Å². The first-order valence-corrected chi connectivity index (χ1v) is 11.6. The molecule has 1 N–H and O–H groups in total. The SMILES string of the molecule is C[C@H]1CCN2c3ccc([N+](=O)[O-])cc3C[C@@]3(C(=O)NC(=O)N(C4CCCCC4)C3=O)[C@@H]2C1. The van der Waals surface area contributed by atoms with Crippen molar-refractivity contribution in [1.82, 2.24) is 10.2 Å². The molecule has 32 heavy (non-hydrogen) atoms. The number of urea groups is 1. The Morgan fingerprint density at radius 3 is 2.59 bits per heavy atom. The van der Waals surface area contributed by atoms with Crippen molar-refractivity contribution in [3.63, 3.8) is 0 Å². The highest BCUT2D eigenvalue weighted by molar-refractivity contribution is 6.20. The van der Waals surface area contributed by atoms with E-state index in [-0.39, 0.29) is 24.2 Å². The molecule has 1 saturated carbocycles. The maximum Gasteiger partial charge on any atom is 0.331 e. The Hall–Kier alpha value is -2.97. The molecule has 5 rings (SSSR count). The van der Waals surface area contributed by atoms with Gasteiger partial charge in [0.2, 0.25) is 11.8 Å². The molecule has 9 nitrogen and oxygen atoms in total. The topological polar surface area (TPSA) is 113 Å². The van der Waals surface area contributed by atoms with Crippen LogP contribution in [0.2, 0.25) is 0 Å². The number of anilines is 1. The standard InChI is InChI=1S/C23H28N4O5/c1-14-9-10-25-18-8-7-17(27(31)32)12-15(18)13-23(19(25)11-14)20(28)24-22(30)26(21(23)29)16-5-3-2-4-6-16/h7-8,12,14,16,19H,2-6,9-11,13H2,1H3,(H,24,28,30)/t14-,19-,23-/m0/s1. The Bertz CT molecular complexity index is 1000. The van der Waals surface area contributed by atoms with Crippen LogP contribution >= 0.6 is 0 Å². The van der Waals surface area contributed by atoms with Gasteiger partial charge in [0.1, 0.15) is 0 Å². The number of nitro benzene ring substituents is 1. The average molecular weight is 441 g/mol. The molecule has 3 atom stereocenters. The molecule has 3 fully saturated rings. The molecule has 1 aromatic rings. The van der Waals surface area contributed by atoms with E-state index in [1.165, 1.54) is 17.0 Å². The van der Waals surface area contributed by atoms with Gasteiger partial charge in [-0.05, 0) is 43.2 Å². The van der Waals surface area contributed by atoms with Gasteiger partial charge in [-0.25, -0.2) is 4.79 Å². The van der Waals surface area contributed by atoms with Gasteiger partial charge >= 0.3 is 6.03 Å². The molecule has 3 aliphatic heterocycles. The van der Waals surface area contributed by atoms with E-state index in [4.69, 9.17) is 0 Å². The Morgan fingerprint density at radius 1 is 1.12 bits per heavy atom. The normalized spacial score (nSPS) is 30.7. The number of piperidine rings is 1. The zero-order chi connectivity index (χ0) is 22.6. The third kappa shape index (κ3) is 3.01. The fraction of sp³-hybridized carbons (Fsp3) is 0.609. The van der Waals surface area contributed by atoms with Crippen molar-refractivity contribution in [3.05, 3.63) is 33.9 Å². The van der Waals surface area contributed by atoms with Crippen molar-refractivity contribution in [1.29, 1.82) is 0 Å². The van der Waals surface area contributed by atoms with Crippen LogP contribution in [0.5, 0.6) is 0 Å². The molecule has 0 aromatic heterocycles. The van der Waals surface area contributed by atoms with E-state index in [9.17, 15) is 24.5 Å². The van der Waals surface area contributed by atoms with Crippen molar-refractivity contribution >= 4 is 29.2 Å². The van der Waals surface area contributed by atoms with E-state index in [1.54, 1.807) is 6.07 Å². The van der Waals surface area contributed by atoms with Crippen LogP contribution in [0.3, 0.4) is 0 Å². The summed E-state index contributed by atoms with van der Waals surface area (Å²) in [6.45, 7) is 2.78. The molecule has 0 unspecified atom stereocenters. The van der Waals surface area contributed by atoms with Crippen LogP contribution < -0.4 is 10.2 Å². The first kappa shape index (κ1) is 20.9. The molecule has 2 saturated heterocycles. The quantitative estimate of drug-likeness (QED) is 0.429. The lowest BCUT2D eigenvalue weighted by molar-refractivity contribution is -0.384. The largest absolute Gasteiger partial charge is 0.367 e. The van der Waals surface area contributed by atoms with Crippen LogP contribution in [0.25, 0.3) is 0 Å². The van der Waals surface area contributed by atoms with Gasteiger partial charge in [-0.2, -0.15) is 0 Å². The predicted molar refractivity (Wildman–Crippen MR) is 116 cm³/mol. The number of barbiturate groups is 1. The van der Waals surface area contributed by atoms with E-state index >= 15 is 0 Å². The van der Waals surface area contributed by atoms with Crippen LogP contribution in [0.15, 0.2) is 18.2 Å². The summed E-state index contributed by atoms with van der Waals surface area (Å²) in [6.07, 6.45) is 6.10. The lowest BCUT2D eigenvalue weighted by Gasteiger charge is -2.55. The molecular formula is C23H28N4O5. The summed E-state index contributed by atoms with van der Waals surface area (Å²) in [5.74, 6) is -0.672. The number of carbonyl (C=O) groups excluding carboxylic acids is 3. The molecule has 170 valence electrons. The summed E-state index contributed by atoms with van der Waals surface area (Å²) in [7, 11) is 0. The molecule has 4 aliphatic rings. The number of carbonyl (C=O) groups is 3. The second-order valence-corrected chi connectivity index (χ2v) is 9.78. The van der Waals surface area contributed by atoms with Gasteiger partial charge in [0, 0.05) is 36.8 Å². The second kappa shape index (κ2) is 7.56. The number of nitro groups is 1. The van der Waals surface area contributed by atoms with Crippen LogP contribution in [-0.2, 0) is 16.0 Å². The van der Waals surface area contributed by atoms with Crippen molar-refractivity contribution < 1.29 is 19.3 Å². The minimum atomic E-state index is -1.46. The zero-order valence-electron chi connectivity index (χ0n) is 18.2. The summed E-state index contributed by atoms with van der Waals surface area (Å²) in [4.78, 5) is 54.7. The van der Waals surface area contributed by atoms with Crippen LogP contribution in [-0.4, -0.2) is 46.3 Å². The van der Waals surface area contributed by atoms with Gasteiger partial charge in [-0.3, -0.25) is 29.9 Å². The number of nitrogens with one attached hydrogen (secondary N) is 1. The minimum Gasteiger partial charge on any atom is -0.367 e. The van der Waals surface area contributed by atoms with Crippen molar-refractivity contribution in [2.75, 3.05) is 11.4 Å². The van der Waals surface area contributed by atoms with Gasteiger partial charge in [-0.1, -0.05) is 26.2 Å². The molecule has 1 aliphatic carbocycles. The number of hydrogen-bond acceptors (Lipinski definition) is 6. The first-order valence-electron chi connectivity index (χ1n) is 11.6. The molecule has 0 bridgehead atoms. The highest BCUT2D eigenvalue weighted by atomic mass is 16.6. The Kier molecular flexibility index (Phi) is 4.94.